The summed E-state index contributed by atoms with van der Waals surface area (Å²) in [7, 11) is 3.73. The number of hydrogen-bond acceptors (Lipinski definition) is 8. The number of nitrogens with zero attached hydrogens (tertiary/aromatic N) is 5. The second-order valence-corrected chi connectivity index (χ2v) is 7.48. The molecule has 0 aliphatic carbocycles. The number of hydrogen-bond donors (Lipinski definition) is 1. The maximum atomic E-state index is 12.5. The SMILES string of the molecule is CCOC(=O)N1CCC(NC(=O)CN2CCCC2c2nc(N(C)C)no2)CC1. The molecular formula is C18H30N6O4. The Hall–Kier alpha value is -2.36. The van der Waals surface area contributed by atoms with Gasteiger partial charge in [-0.15, -0.1) is 0 Å². The molecule has 3 rings (SSSR count). The van der Waals surface area contributed by atoms with Crippen molar-refractivity contribution in [3.63, 3.8) is 0 Å². The van der Waals surface area contributed by atoms with E-state index >= 15 is 0 Å². The number of carbonyl (C=O) groups is 2. The average molecular weight is 394 g/mol. The molecule has 2 aliphatic rings. The fourth-order valence-electron chi connectivity index (χ4n) is 3.72. The van der Waals surface area contributed by atoms with E-state index in [0.717, 1.165) is 32.2 Å². The van der Waals surface area contributed by atoms with Gasteiger partial charge in [-0.05, 0) is 44.3 Å². The first kappa shape index (κ1) is 20.4. The van der Waals surface area contributed by atoms with E-state index in [0.29, 0.717) is 38.1 Å². The van der Waals surface area contributed by atoms with Crippen LogP contribution in [0.15, 0.2) is 4.52 Å². The number of aromatic nitrogens is 2. The monoisotopic (exact) mass is 394 g/mol. The summed E-state index contributed by atoms with van der Waals surface area (Å²) in [5.41, 5.74) is 0. The van der Waals surface area contributed by atoms with E-state index in [1.807, 2.05) is 14.1 Å². The summed E-state index contributed by atoms with van der Waals surface area (Å²) in [4.78, 5) is 34.3. The highest BCUT2D eigenvalue weighted by atomic mass is 16.6. The number of amides is 2. The average Bonchev–Trinajstić information content (AvgIpc) is 3.31. The summed E-state index contributed by atoms with van der Waals surface area (Å²) < 4.78 is 10.4. The van der Waals surface area contributed by atoms with Crippen molar-refractivity contribution in [2.24, 2.45) is 0 Å². The van der Waals surface area contributed by atoms with Gasteiger partial charge in [0.05, 0.1) is 19.2 Å². The Bertz CT molecular complexity index is 671. The van der Waals surface area contributed by atoms with E-state index in [1.54, 1.807) is 16.7 Å². The van der Waals surface area contributed by atoms with Gasteiger partial charge in [-0.3, -0.25) is 9.69 Å². The lowest BCUT2D eigenvalue weighted by Crippen LogP contribution is -2.48. The van der Waals surface area contributed by atoms with Gasteiger partial charge >= 0.3 is 6.09 Å². The third-order valence-corrected chi connectivity index (χ3v) is 5.21. The van der Waals surface area contributed by atoms with Crippen LogP contribution in [0, 0.1) is 0 Å². The maximum absolute atomic E-state index is 12.5. The minimum absolute atomic E-state index is 0.00571. The summed E-state index contributed by atoms with van der Waals surface area (Å²) in [6, 6.07) is 0.0700. The molecule has 0 bridgehead atoms. The molecule has 156 valence electrons. The van der Waals surface area contributed by atoms with Crippen molar-refractivity contribution >= 4 is 17.9 Å². The molecule has 2 saturated heterocycles. The highest BCUT2D eigenvalue weighted by Gasteiger charge is 2.33. The summed E-state index contributed by atoms with van der Waals surface area (Å²) >= 11 is 0. The van der Waals surface area contributed by atoms with Crippen LogP contribution in [0.25, 0.3) is 0 Å². The summed E-state index contributed by atoms with van der Waals surface area (Å²) in [5, 5.41) is 7.07. The predicted molar refractivity (Wildman–Crippen MR) is 102 cm³/mol. The van der Waals surface area contributed by atoms with E-state index in [-0.39, 0.29) is 24.1 Å². The van der Waals surface area contributed by atoms with Crippen molar-refractivity contribution in [3.05, 3.63) is 5.89 Å². The third-order valence-electron chi connectivity index (χ3n) is 5.21. The lowest BCUT2D eigenvalue weighted by molar-refractivity contribution is -0.123. The van der Waals surface area contributed by atoms with Gasteiger partial charge in [-0.1, -0.05) is 0 Å². The Kier molecular flexibility index (Phi) is 6.71. The smallest absolute Gasteiger partial charge is 0.409 e. The number of nitrogens with one attached hydrogen (secondary N) is 1. The molecule has 2 fully saturated rings. The zero-order chi connectivity index (χ0) is 20.1. The van der Waals surface area contributed by atoms with Crippen molar-refractivity contribution in [1.29, 1.82) is 0 Å². The molecule has 3 heterocycles. The van der Waals surface area contributed by atoms with Crippen LogP contribution in [0.3, 0.4) is 0 Å². The molecule has 1 atom stereocenters. The normalized spacial score (nSPS) is 21.0. The first-order valence-corrected chi connectivity index (χ1v) is 9.94. The van der Waals surface area contributed by atoms with Crippen molar-refractivity contribution < 1.29 is 18.8 Å². The van der Waals surface area contributed by atoms with E-state index < -0.39 is 0 Å². The zero-order valence-electron chi connectivity index (χ0n) is 16.9. The highest BCUT2D eigenvalue weighted by Crippen LogP contribution is 2.31. The van der Waals surface area contributed by atoms with Gasteiger partial charge in [0, 0.05) is 33.2 Å². The van der Waals surface area contributed by atoms with Gasteiger partial charge in [0.25, 0.3) is 5.95 Å². The Morgan fingerprint density at radius 2 is 2.00 bits per heavy atom. The van der Waals surface area contributed by atoms with E-state index in [4.69, 9.17) is 9.26 Å². The van der Waals surface area contributed by atoms with E-state index in [2.05, 4.69) is 20.4 Å². The number of anilines is 1. The minimum Gasteiger partial charge on any atom is -0.450 e. The molecule has 0 saturated carbocycles. The number of likely N-dealkylation sites (tertiary alicyclic amines) is 2. The number of ether oxygens (including phenoxy) is 1. The molecule has 0 aromatic carbocycles. The third kappa shape index (κ3) is 4.92. The standard InChI is InChI=1S/C18H30N6O4/c1-4-27-18(26)23-10-7-13(8-11-23)19-15(25)12-24-9-5-6-14(24)16-20-17(21-28-16)22(2)3/h13-14H,4-12H2,1-3H3,(H,19,25). The van der Waals surface area contributed by atoms with Gasteiger partial charge in [0.1, 0.15) is 0 Å². The maximum Gasteiger partial charge on any atom is 0.409 e. The topological polar surface area (TPSA) is 104 Å². The van der Waals surface area contributed by atoms with E-state index in [1.165, 1.54) is 0 Å². The Balaban J connectivity index is 1.47. The van der Waals surface area contributed by atoms with Crippen LogP contribution in [0.4, 0.5) is 10.7 Å². The molecule has 1 aromatic heterocycles. The molecule has 2 amide bonds. The Morgan fingerprint density at radius 3 is 2.64 bits per heavy atom. The quantitative estimate of drug-likeness (QED) is 0.762. The summed E-state index contributed by atoms with van der Waals surface area (Å²) in [6.45, 7) is 4.52. The van der Waals surface area contributed by atoms with Gasteiger partial charge in [0.15, 0.2) is 0 Å². The molecule has 0 radical (unpaired) electrons. The first-order chi connectivity index (χ1) is 13.5. The molecule has 28 heavy (non-hydrogen) atoms. The number of carbonyl (C=O) groups excluding carboxylic acids is 2. The van der Waals surface area contributed by atoms with Gasteiger partial charge in [-0.25, -0.2) is 4.79 Å². The Labute approximate surface area is 165 Å². The van der Waals surface area contributed by atoms with Crippen LogP contribution in [0.2, 0.25) is 0 Å². The molecule has 1 unspecified atom stereocenters. The fourth-order valence-corrected chi connectivity index (χ4v) is 3.72. The predicted octanol–water partition coefficient (Wildman–Crippen LogP) is 1.01. The number of piperidine rings is 1. The molecule has 2 aliphatic heterocycles. The molecule has 10 heteroatoms. The zero-order valence-corrected chi connectivity index (χ0v) is 16.9. The van der Waals surface area contributed by atoms with Crippen molar-refractivity contribution in [2.45, 2.75) is 44.7 Å². The molecular weight excluding hydrogens is 364 g/mol. The first-order valence-electron chi connectivity index (χ1n) is 9.94. The fraction of sp³-hybridized carbons (Fsp3) is 0.778. The van der Waals surface area contributed by atoms with Crippen molar-refractivity contribution in [2.75, 3.05) is 51.8 Å². The van der Waals surface area contributed by atoms with Crippen molar-refractivity contribution in [3.8, 4) is 0 Å². The lowest BCUT2D eigenvalue weighted by Gasteiger charge is -2.32. The minimum atomic E-state index is -0.274. The van der Waals surface area contributed by atoms with E-state index in [9.17, 15) is 9.59 Å². The second kappa shape index (κ2) is 9.22. The lowest BCUT2D eigenvalue weighted by atomic mass is 10.1. The van der Waals surface area contributed by atoms with Crippen LogP contribution in [-0.4, -0.2) is 84.9 Å². The molecule has 10 nitrogen and oxygen atoms in total. The van der Waals surface area contributed by atoms with Crippen LogP contribution in [-0.2, 0) is 9.53 Å². The molecule has 1 aromatic rings. The van der Waals surface area contributed by atoms with Crippen LogP contribution in [0.5, 0.6) is 0 Å². The van der Waals surface area contributed by atoms with Gasteiger partial charge < -0.3 is 24.4 Å². The van der Waals surface area contributed by atoms with Crippen LogP contribution < -0.4 is 10.2 Å². The van der Waals surface area contributed by atoms with Crippen LogP contribution in [0.1, 0.15) is 44.5 Å². The summed E-state index contributed by atoms with van der Waals surface area (Å²) in [6.07, 6.45) is 3.10. The highest BCUT2D eigenvalue weighted by molar-refractivity contribution is 5.78. The van der Waals surface area contributed by atoms with Crippen molar-refractivity contribution in [1.82, 2.24) is 25.3 Å². The van der Waals surface area contributed by atoms with Crippen LogP contribution >= 0.6 is 0 Å². The number of rotatable bonds is 6. The molecule has 1 N–H and O–H groups in total. The second-order valence-electron chi connectivity index (χ2n) is 7.48. The molecule has 0 spiro atoms. The van der Waals surface area contributed by atoms with Gasteiger partial charge in [0.2, 0.25) is 11.8 Å². The summed E-state index contributed by atoms with van der Waals surface area (Å²) in [5.74, 6) is 1.10. The van der Waals surface area contributed by atoms with Gasteiger partial charge in [-0.2, -0.15) is 4.98 Å². The Morgan fingerprint density at radius 1 is 1.25 bits per heavy atom. The largest absolute Gasteiger partial charge is 0.450 e.